The van der Waals surface area contributed by atoms with Gasteiger partial charge < -0.3 is 15.0 Å². The molecule has 1 aromatic carbocycles. The molecule has 1 spiro atoms. The molecule has 0 bridgehead atoms. The smallest absolute Gasteiger partial charge is 0.257 e. The van der Waals surface area contributed by atoms with E-state index < -0.39 is 0 Å². The molecule has 0 aromatic heterocycles. The lowest BCUT2D eigenvalue weighted by Gasteiger charge is -2.28. The maximum absolute atomic E-state index is 13.1. The standard InChI is InChI=1S/C19H26N2O3/c1-3-24-16-9-5-4-8-14(16)18(23)21-12-15(17(22)20-2)19(13-21)10-6-7-11-19/h4-5,8-9,15H,3,6-7,10-13H2,1-2H3,(H,20,22)/t15-/m1/s1. The van der Waals surface area contributed by atoms with Crippen molar-refractivity contribution in [2.24, 2.45) is 11.3 Å². The van der Waals surface area contributed by atoms with Crippen LogP contribution in [-0.2, 0) is 4.79 Å². The van der Waals surface area contributed by atoms with Crippen LogP contribution in [0, 0.1) is 11.3 Å². The SMILES string of the molecule is CCOc1ccccc1C(=O)N1C[C@H](C(=O)NC)C2(CCCC2)C1. The Morgan fingerprint density at radius 1 is 1.29 bits per heavy atom. The second-order valence-corrected chi connectivity index (χ2v) is 6.85. The molecule has 1 aromatic rings. The second kappa shape index (κ2) is 6.83. The van der Waals surface area contributed by atoms with Gasteiger partial charge in [0, 0.05) is 25.6 Å². The molecular weight excluding hydrogens is 304 g/mol. The van der Waals surface area contributed by atoms with Gasteiger partial charge in [-0.15, -0.1) is 0 Å². The predicted molar refractivity (Wildman–Crippen MR) is 92.0 cm³/mol. The van der Waals surface area contributed by atoms with Crippen molar-refractivity contribution in [3.05, 3.63) is 29.8 Å². The molecule has 1 saturated carbocycles. The monoisotopic (exact) mass is 330 g/mol. The Balaban J connectivity index is 1.85. The molecule has 1 aliphatic carbocycles. The Morgan fingerprint density at radius 2 is 2.00 bits per heavy atom. The first-order valence-corrected chi connectivity index (χ1v) is 8.84. The van der Waals surface area contributed by atoms with Crippen LogP contribution >= 0.6 is 0 Å². The number of likely N-dealkylation sites (tertiary alicyclic amines) is 1. The van der Waals surface area contributed by atoms with Crippen LogP contribution in [0.5, 0.6) is 5.75 Å². The number of nitrogens with one attached hydrogen (secondary N) is 1. The van der Waals surface area contributed by atoms with Crippen molar-refractivity contribution in [3.8, 4) is 5.75 Å². The maximum atomic E-state index is 13.1. The molecule has 1 heterocycles. The van der Waals surface area contributed by atoms with Gasteiger partial charge in [-0.2, -0.15) is 0 Å². The van der Waals surface area contributed by atoms with Gasteiger partial charge in [-0.25, -0.2) is 0 Å². The van der Waals surface area contributed by atoms with Gasteiger partial charge in [0.05, 0.1) is 18.1 Å². The number of amides is 2. The fourth-order valence-electron chi connectivity index (χ4n) is 4.34. The highest BCUT2D eigenvalue weighted by Gasteiger charge is 2.52. The Hall–Kier alpha value is -2.04. The summed E-state index contributed by atoms with van der Waals surface area (Å²) in [7, 11) is 1.68. The molecule has 2 aliphatic rings. The van der Waals surface area contributed by atoms with E-state index >= 15 is 0 Å². The summed E-state index contributed by atoms with van der Waals surface area (Å²) >= 11 is 0. The van der Waals surface area contributed by atoms with Crippen molar-refractivity contribution in [2.75, 3.05) is 26.7 Å². The number of hydrogen-bond acceptors (Lipinski definition) is 3. The van der Waals surface area contributed by atoms with Crippen LogP contribution in [0.4, 0.5) is 0 Å². The van der Waals surface area contributed by atoms with E-state index in [2.05, 4.69) is 5.32 Å². The zero-order valence-corrected chi connectivity index (χ0v) is 14.5. The Bertz CT molecular complexity index is 623. The van der Waals surface area contributed by atoms with E-state index in [0.717, 1.165) is 25.7 Å². The van der Waals surface area contributed by atoms with Crippen molar-refractivity contribution in [2.45, 2.75) is 32.6 Å². The second-order valence-electron chi connectivity index (χ2n) is 6.85. The number of ether oxygens (including phenoxy) is 1. The van der Waals surface area contributed by atoms with Gasteiger partial charge >= 0.3 is 0 Å². The molecule has 24 heavy (non-hydrogen) atoms. The Morgan fingerprint density at radius 3 is 2.67 bits per heavy atom. The number of rotatable bonds is 4. The summed E-state index contributed by atoms with van der Waals surface area (Å²) in [5.74, 6) is 0.545. The highest BCUT2D eigenvalue weighted by atomic mass is 16.5. The fourth-order valence-corrected chi connectivity index (χ4v) is 4.34. The quantitative estimate of drug-likeness (QED) is 0.922. The van der Waals surface area contributed by atoms with Crippen LogP contribution in [0.3, 0.4) is 0 Å². The van der Waals surface area contributed by atoms with Gasteiger partial charge in [0.15, 0.2) is 0 Å². The lowest BCUT2D eigenvalue weighted by atomic mass is 9.76. The summed E-state index contributed by atoms with van der Waals surface area (Å²) in [6.07, 6.45) is 4.35. The average Bonchev–Trinajstić information content (AvgIpc) is 3.22. The van der Waals surface area contributed by atoms with Crippen molar-refractivity contribution >= 4 is 11.8 Å². The van der Waals surface area contributed by atoms with E-state index in [1.165, 1.54) is 0 Å². The minimum atomic E-state index is -0.104. The number of benzene rings is 1. The lowest BCUT2D eigenvalue weighted by Crippen LogP contribution is -2.38. The van der Waals surface area contributed by atoms with Crippen LogP contribution < -0.4 is 10.1 Å². The molecule has 2 fully saturated rings. The minimum absolute atomic E-state index is 0.0308. The molecule has 0 unspecified atom stereocenters. The van der Waals surface area contributed by atoms with Gasteiger partial charge in [-0.1, -0.05) is 25.0 Å². The molecule has 5 nitrogen and oxygen atoms in total. The number of para-hydroxylation sites is 1. The zero-order valence-electron chi connectivity index (χ0n) is 14.5. The highest BCUT2D eigenvalue weighted by Crippen LogP contribution is 2.49. The van der Waals surface area contributed by atoms with Crippen molar-refractivity contribution < 1.29 is 14.3 Å². The van der Waals surface area contributed by atoms with Crippen LogP contribution in [0.25, 0.3) is 0 Å². The molecule has 1 N–H and O–H groups in total. The van der Waals surface area contributed by atoms with Crippen LogP contribution in [0.1, 0.15) is 43.0 Å². The fraction of sp³-hybridized carbons (Fsp3) is 0.579. The van der Waals surface area contributed by atoms with E-state index in [0.29, 0.717) is 31.0 Å². The maximum Gasteiger partial charge on any atom is 0.257 e. The van der Waals surface area contributed by atoms with E-state index in [-0.39, 0.29) is 23.1 Å². The molecular formula is C19H26N2O3. The third kappa shape index (κ3) is 2.87. The van der Waals surface area contributed by atoms with Gasteiger partial charge in [-0.05, 0) is 31.9 Å². The van der Waals surface area contributed by atoms with Gasteiger partial charge in [0.25, 0.3) is 5.91 Å². The number of nitrogens with zero attached hydrogens (tertiary/aromatic N) is 1. The zero-order chi connectivity index (χ0) is 17.2. The number of hydrogen-bond donors (Lipinski definition) is 1. The van der Waals surface area contributed by atoms with E-state index in [1.54, 1.807) is 7.05 Å². The first-order chi connectivity index (χ1) is 11.6. The third-order valence-electron chi connectivity index (χ3n) is 5.51. The summed E-state index contributed by atoms with van der Waals surface area (Å²) in [5.41, 5.74) is 0.543. The molecule has 3 rings (SSSR count). The summed E-state index contributed by atoms with van der Waals surface area (Å²) in [6.45, 7) is 3.60. The van der Waals surface area contributed by atoms with E-state index in [4.69, 9.17) is 4.74 Å². The average molecular weight is 330 g/mol. The molecule has 2 amide bonds. The van der Waals surface area contributed by atoms with E-state index in [1.807, 2.05) is 36.1 Å². The van der Waals surface area contributed by atoms with Crippen LogP contribution in [-0.4, -0.2) is 43.5 Å². The Kier molecular flexibility index (Phi) is 4.78. The first-order valence-electron chi connectivity index (χ1n) is 8.84. The van der Waals surface area contributed by atoms with Crippen LogP contribution in [0.2, 0.25) is 0 Å². The molecule has 0 radical (unpaired) electrons. The largest absolute Gasteiger partial charge is 0.493 e. The lowest BCUT2D eigenvalue weighted by molar-refractivity contribution is -0.127. The normalized spacial score (nSPS) is 21.9. The van der Waals surface area contributed by atoms with Crippen molar-refractivity contribution in [3.63, 3.8) is 0 Å². The molecule has 1 atom stereocenters. The highest BCUT2D eigenvalue weighted by molar-refractivity contribution is 5.97. The summed E-state index contributed by atoms with van der Waals surface area (Å²) in [5, 5.41) is 2.79. The van der Waals surface area contributed by atoms with Gasteiger partial charge in [0.1, 0.15) is 5.75 Å². The molecule has 130 valence electrons. The van der Waals surface area contributed by atoms with Crippen LogP contribution in [0.15, 0.2) is 24.3 Å². The van der Waals surface area contributed by atoms with E-state index in [9.17, 15) is 9.59 Å². The third-order valence-corrected chi connectivity index (χ3v) is 5.51. The molecule has 1 aliphatic heterocycles. The minimum Gasteiger partial charge on any atom is -0.493 e. The summed E-state index contributed by atoms with van der Waals surface area (Å²) in [6, 6.07) is 7.36. The summed E-state index contributed by atoms with van der Waals surface area (Å²) in [4.78, 5) is 27.3. The number of carbonyl (C=O) groups is 2. The summed E-state index contributed by atoms with van der Waals surface area (Å²) < 4.78 is 5.60. The Labute approximate surface area is 143 Å². The predicted octanol–water partition coefficient (Wildman–Crippen LogP) is 2.46. The molecule has 1 saturated heterocycles. The van der Waals surface area contributed by atoms with Gasteiger partial charge in [-0.3, -0.25) is 9.59 Å². The van der Waals surface area contributed by atoms with Gasteiger partial charge in [0.2, 0.25) is 5.91 Å². The molecule has 5 heteroatoms. The first kappa shape index (κ1) is 16.8. The topological polar surface area (TPSA) is 58.6 Å². The number of carbonyl (C=O) groups excluding carboxylic acids is 2. The van der Waals surface area contributed by atoms with Crippen molar-refractivity contribution in [1.82, 2.24) is 10.2 Å². The van der Waals surface area contributed by atoms with Crippen molar-refractivity contribution in [1.29, 1.82) is 0 Å².